The summed E-state index contributed by atoms with van der Waals surface area (Å²) in [7, 11) is 1.37. The predicted molar refractivity (Wildman–Crippen MR) is 69.8 cm³/mol. The lowest BCUT2D eigenvalue weighted by molar-refractivity contribution is 0.0557. The number of nitrogens with zero attached hydrogens (tertiary/aromatic N) is 1. The lowest BCUT2D eigenvalue weighted by Crippen LogP contribution is -2.44. The highest BCUT2D eigenvalue weighted by molar-refractivity contribution is 5.86. The number of piperidine rings is 1. The van der Waals surface area contributed by atoms with E-state index in [1.165, 1.54) is 20.0 Å². The Balaban J connectivity index is 1.67. The summed E-state index contributed by atoms with van der Waals surface area (Å²) in [5.74, 6) is 1.48. The molecular formula is C14H20N2O3. The van der Waals surface area contributed by atoms with E-state index in [1.807, 2.05) is 6.07 Å². The van der Waals surface area contributed by atoms with Crippen molar-refractivity contribution in [2.45, 2.75) is 25.4 Å². The van der Waals surface area contributed by atoms with Crippen LogP contribution < -0.4 is 5.32 Å². The Labute approximate surface area is 112 Å². The summed E-state index contributed by atoms with van der Waals surface area (Å²) < 4.78 is 10.2. The molecule has 5 heteroatoms. The van der Waals surface area contributed by atoms with Gasteiger partial charge in [-0.25, -0.2) is 4.79 Å². The van der Waals surface area contributed by atoms with Crippen LogP contribution in [0.5, 0.6) is 0 Å². The highest BCUT2D eigenvalue weighted by Gasteiger charge is 2.35. The number of furan rings is 1. The van der Waals surface area contributed by atoms with Crippen LogP contribution in [0.2, 0.25) is 0 Å². The van der Waals surface area contributed by atoms with E-state index in [2.05, 4.69) is 15.0 Å². The van der Waals surface area contributed by atoms with E-state index in [-0.39, 0.29) is 5.76 Å². The van der Waals surface area contributed by atoms with Gasteiger partial charge in [-0.1, -0.05) is 0 Å². The Morgan fingerprint density at radius 2 is 2.42 bits per heavy atom. The topological polar surface area (TPSA) is 54.7 Å². The molecular weight excluding hydrogens is 244 g/mol. The minimum Gasteiger partial charge on any atom is -0.463 e. The molecule has 2 saturated heterocycles. The molecule has 2 fully saturated rings. The van der Waals surface area contributed by atoms with Crippen molar-refractivity contribution in [2.24, 2.45) is 5.92 Å². The number of hydrogen-bond acceptors (Lipinski definition) is 5. The summed E-state index contributed by atoms with van der Waals surface area (Å²) in [5, 5.41) is 3.47. The minimum atomic E-state index is -0.412. The van der Waals surface area contributed by atoms with E-state index in [1.54, 1.807) is 6.07 Å². The quantitative estimate of drug-likeness (QED) is 0.833. The SMILES string of the molecule is COC(=O)c1ccc(CN2CCCC3CNCC32)o1. The molecule has 19 heavy (non-hydrogen) atoms. The molecule has 104 valence electrons. The summed E-state index contributed by atoms with van der Waals surface area (Å²) in [4.78, 5) is 13.8. The van der Waals surface area contributed by atoms with Gasteiger partial charge in [-0.2, -0.15) is 0 Å². The van der Waals surface area contributed by atoms with Crippen molar-refractivity contribution in [3.63, 3.8) is 0 Å². The van der Waals surface area contributed by atoms with E-state index in [9.17, 15) is 4.79 Å². The molecule has 2 aliphatic rings. The number of likely N-dealkylation sites (tertiary alicyclic amines) is 1. The lowest BCUT2D eigenvalue weighted by Gasteiger charge is -2.36. The van der Waals surface area contributed by atoms with Crippen molar-refractivity contribution in [2.75, 3.05) is 26.7 Å². The van der Waals surface area contributed by atoms with Crippen molar-refractivity contribution in [1.29, 1.82) is 0 Å². The second-order valence-electron chi connectivity index (χ2n) is 5.36. The molecule has 2 aliphatic heterocycles. The Morgan fingerprint density at radius 1 is 1.53 bits per heavy atom. The number of ether oxygens (including phenoxy) is 1. The Kier molecular flexibility index (Phi) is 3.57. The second-order valence-corrected chi connectivity index (χ2v) is 5.36. The number of esters is 1. The van der Waals surface area contributed by atoms with Crippen LogP contribution in [0.15, 0.2) is 16.5 Å². The fraction of sp³-hybridized carbons (Fsp3) is 0.643. The number of hydrogen-bond donors (Lipinski definition) is 1. The van der Waals surface area contributed by atoms with Gasteiger partial charge in [-0.05, 0) is 44.0 Å². The zero-order chi connectivity index (χ0) is 13.2. The normalized spacial score (nSPS) is 27.2. The van der Waals surface area contributed by atoms with Gasteiger partial charge in [0.05, 0.1) is 13.7 Å². The monoisotopic (exact) mass is 264 g/mol. The Hall–Kier alpha value is -1.33. The molecule has 0 aromatic carbocycles. The van der Waals surface area contributed by atoms with Crippen LogP contribution in [0.4, 0.5) is 0 Å². The first-order valence-corrected chi connectivity index (χ1v) is 6.89. The average Bonchev–Trinajstić information content (AvgIpc) is 3.07. The van der Waals surface area contributed by atoms with E-state index < -0.39 is 5.97 Å². The summed E-state index contributed by atoms with van der Waals surface area (Å²) in [6.07, 6.45) is 2.56. The standard InChI is InChI=1S/C14H20N2O3/c1-18-14(17)13-5-4-11(19-13)9-16-6-2-3-10-7-15-8-12(10)16/h4-5,10,12,15H,2-3,6-9H2,1H3. The van der Waals surface area contributed by atoms with Gasteiger partial charge >= 0.3 is 5.97 Å². The zero-order valence-electron chi connectivity index (χ0n) is 11.2. The van der Waals surface area contributed by atoms with Crippen LogP contribution in [0, 0.1) is 5.92 Å². The molecule has 2 atom stereocenters. The largest absolute Gasteiger partial charge is 0.463 e. The third-order valence-electron chi connectivity index (χ3n) is 4.20. The van der Waals surface area contributed by atoms with Crippen LogP contribution in [0.3, 0.4) is 0 Å². The molecule has 0 spiro atoms. The van der Waals surface area contributed by atoms with Gasteiger partial charge in [-0.3, -0.25) is 4.90 Å². The molecule has 1 N–H and O–H groups in total. The number of fused-ring (bicyclic) bond motifs is 1. The number of carbonyl (C=O) groups is 1. The lowest BCUT2D eigenvalue weighted by atomic mass is 9.92. The minimum absolute atomic E-state index is 0.288. The third kappa shape index (κ3) is 2.53. The van der Waals surface area contributed by atoms with Crippen LogP contribution in [-0.2, 0) is 11.3 Å². The van der Waals surface area contributed by atoms with Gasteiger partial charge in [0.2, 0.25) is 5.76 Å². The first-order chi connectivity index (χ1) is 9.28. The smallest absolute Gasteiger partial charge is 0.373 e. The molecule has 3 heterocycles. The first-order valence-electron chi connectivity index (χ1n) is 6.89. The van der Waals surface area contributed by atoms with Crippen LogP contribution in [-0.4, -0.2) is 43.7 Å². The van der Waals surface area contributed by atoms with E-state index in [0.29, 0.717) is 6.04 Å². The summed E-state index contributed by atoms with van der Waals surface area (Å²) in [5.41, 5.74) is 0. The highest BCUT2D eigenvalue weighted by Crippen LogP contribution is 2.28. The van der Waals surface area contributed by atoms with Crippen molar-refractivity contribution in [3.05, 3.63) is 23.7 Å². The van der Waals surface area contributed by atoms with Crippen molar-refractivity contribution < 1.29 is 13.9 Å². The summed E-state index contributed by atoms with van der Waals surface area (Å²) in [6.45, 7) is 4.08. The number of methoxy groups -OCH3 is 1. The molecule has 0 amide bonds. The first kappa shape index (κ1) is 12.7. The third-order valence-corrected chi connectivity index (χ3v) is 4.20. The van der Waals surface area contributed by atoms with Crippen LogP contribution in [0.25, 0.3) is 0 Å². The van der Waals surface area contributed by atoms with Gasteiger partial charge in [-0.15, -0.1) is 0 Å². The van der Waals surface area contributed by atoms with Crippen LogP contribution >= 0.6 is 0 Å². The molecule has 1 aromatic heterocycles. The van der Waals surface area contributed by atoms with Gasteiger partial charge in [0.1, 0.15) is 5.76 Å². The van der Waals surface area contributed by atoms with E-state index in [0.717, 1.165) is 37.9 Å². The maximum atomic E-state index is 11.4. The fourth-order valence-corrected chi connectivity index (χ4v) is 3.23. The van der Waals surface area contributed by atoms with E-state index in [4.69, 9.17) is 4.42 Å². The highest BCUT2D eigenvalue weighted by atomic mass is 16.5. The van der Waals surface area contributed by atoms with Crippen molar-refractivity contribution >= 4 is 5.97 Å². The molecule has 0 aliphatic carbocycles. The fourth-order valence-electron chi connectivity index (χ4n) is 3.23. The van der Waals surface area contributed by atoms with Crippen molar-refractivity contribution in [1.82, 2.24) is 10.2 Å². The maximum absolute atomic E-state index is 11.4. The number of nitrogens with one attached hydrogen (secondary N) is 1. The molecule has 0 bridgehead atoms. The number of carbonyl (C=O) groups excluding carboxylic acids is 1. The zero-order valence-corrected chi connectivity index (χ0v) is 11.2. The molecule has 3 rings (SSSR count). The van der Waals surface area contributed by atoms with Gasteiger partial charge in [0.15, 0.2) is 0 Å². The predicted octanol–water partition coefficient (Wildman–Crippen LogP) is 1.25. The average molecular weight is 264 g/mol. The molecule has 2 unspecified atom stereocenters. The maximum Gasteiger partial charge on any atom is 0.373 e. The Bertz CT molecular complexity index is 457. The summed E-state index contributed by atoms with van der Waals surface area (Å²) >= 11 is 0. The summed E-state index contributed by atoms with van der Waals surface area (Å²) in [6, 6.07) is 4.17. The number of rotatable bonds is 3. The molecule has 5 nitrogen and oxygen atoms in total. The van der Waals surface area contributed by atoms with E-state index >= 15 is 0 Å². The van der Waals surface area contributed by atoms with Crippen LogP contribution in [0.1, 0.15) is 29.2 Å². The molecule has 1 aromatic rings. The van der Waals surface area contributed by atoms with Gasteiger partial charge in [0.25, 0.3) is 0 Å². The van der Waals surface area contributed by atoms with Crippen molar-refractivity contribution in [3.8, 4) is 0 Å². The molecule has 0 saturated carbocycles. The van der Waals surface area contributed by atoms with Gasteiger partial charge in [0, 0.05) is 12.6 Å². The second kappa shape index (κ2) is 5.35. The molecule has 0 radical (unpaired) electrons. The van der Waals surface area contributed by atoms with Gasteiger partial charge < -0.3 is 14.5 Å². The Morgan fingerprint density at radius 3 is 3.26 bits per heavy atom.